The lowest BCUT2D eigenvalue weighted by Gasteiger charge is -2.28. The Labute approximate surface area is 117 Å². The molecule has 1 aliphatic rings. The molecule has 0 aliphatic carbocycles. The van der Waals surface area contributed by atoms with Crippen LogP contribution in [0.15, 0.2) is 18.2 Å². The Hall–Kier alpha value is -1.53. The van der Waals surface area contributed by atoms with Gasteiger partial charge in [-0.3, -0.25) is 15.0 Å². The standard InChI is InChI=1S/C14H20FN3O2/c1-2-8-17(12-6-7-16-9-12)10-11-4-3-5-13(14(11)15)18(19)20/h3-5,12,16H,2,6-10H2,1H3. The second-order valence-corrected chi connectivity index (χ2v) is 5.12. The van der Waals surface area contributed by atoms with Gasteiger partial charge in [-0.05, 0) is 25.9 Å². The molecule has 5 nitrogen and oxygen atoms in total. The Morgan fingerprint density at radius 1 is 1.55 bits per heavy atom. The molecule has 1 heterocycles. The number of nitrogens with zero attached hydrogens (tertiary/aromatic N) is 2. The van der Waals surface area contributed by atoms with Crippen molar-refractivity contribution in [2.24, 2.45) is 0 Å². The molecule has 0 radical (unpaired) electrons. The first kappa shape index (κ1) is 14.9. The smallest absolute Gasteiger partial charge is 0.305 e. The molecule has 1 fully saturated rings. The summed E-state index contributed by atoms with van der Waals surface area (Å²) < 4.78 is 14.1. The van der Waals surface area contributed by atoms with Crippen molar-refractivity contribution in [3.63, 3.8) is 0 Å². The summed E-state index contributed by atoms with van der Waals surface area (Å²) in [6.07, 6.45) is 2.02. The average Bonchev–Trinajstić information content (AvgIpc) is 2.94. The minimum Gasteiger partial charge on any atom is -0.315 e. The predicted octanol–water partition coefficient (Wildman–Crippen LogP) is 2.31. The van der Waals surface area contributed by atoms with Crippen LogP contribution in [0.5, 0.6) is 0 Å². The molecular weight excluding hydrogens is 261 g/mol. The van der Waals surface area contributed by atoms with E-state index in [4.69, 9.17) is 0 Å². The van der Waals surface area contributed by atoms with Gasteiger partial charge in [0, 0.05) is 30.8 Å². The van der Waals surface area contributed by atoms with Crippen LogP contribution in [0.2, 0.25) is 0 Å². The number of nitro benzene ring substituents is 1. The summed E-state index contributed by atoms with van der Waals surface area (Å²) in [4.78, 5) is 12.3. The number of hydrogen-bond donors (Lipinski definition) is 1. The molecule has 110 valence electrons. The highest BCUT2D eigenvalue weighted by atomic mass is 19.1. The number of rotatable bonds is 6. The summed E-state index contributed by atoms with van der Waals surface area (Å²) in [5, 5.41) is 14.1. The van der Waals surface area contributed by atoms with E-state index in [-0.39, 0.29) is 0 Å². The van der Waals surface area contributed by atoms with Gasteiger partial charge >= 0.3 is 5.69 Å². The van der Waals surface area contributed by atoms with Gasteiger partial charge in [-0.25, -0.2) is 0 Å². The van der Waals surface area contributed by atoms with Crippen LogP contribution in [0.4, 0.5) is 10.1 Å². The molecule has 1 aromatic rings. The van der Waals surface area contributed by atoms with Gasteiger partial charge < -0.3 is 5.32 Å². The molecule has 0 aromatic heterocycles. The number of hydrogen-bond acceptors (Lipinski definition) is 4. The van der Waals surface area contributed by atoms with E-state index in [0.29, 0.717) is 18.2 Å². The van der Waals surface area contributed by atoms with Crippen molar-refractivity contribution < 1.29 is 9.31 Å². The van der Waals surface area contributed by atoms with Crippen LogP contribution < -0.4 is 5.32 Å². The molecule has 1 aromatic carbocycles. The fraction of sp³-hybridized carbons (Fsp3) is 0.571. The van der Waals surface area contributed by atoms with Crippen molar-refractivity contribution in [3.8, 4) is 0 Å². The molecule has 20 heavy (non-hydrogen) atoms. The van der Waals surface area contributed by atoms with Crippen molar-refractivity contribution >= 4 is 5.69 Å². The second kappa shape index (κ2) is 6.76. The maximum atomic E-state index is 14.1. The molecule has 1 N–H and O–H groups in total. The third kappa shape index (κ3) is 3.32. The number of nitrogens with one attached hydrogen (secondary N) is 1. The van der Waals surface area contributed by atoms with Crippen molar-refractivity contribution in [3.05, 3.63) is 39.7 Å². The Balaban J connectivity index is 2.17. The molecule has 2 rings (SSSR count). The minimum absolute atomic E-state index is 0.383. The van der Waals surface area contributed by atoms with Gasteiger partial charge in [-0.1, -0.05) is 19.1 Å². The van der Waals surface area contributed by atoms with E-state index in [2.05, 4.69) is 17.1 Å². The zero-order chi connectivity index (χ0) is 14.5. The molecular formula is C14H20FN3O2. The number of halogens is 1. The van der Waals surface area contributed by atoms with Crippen LogP contribution in [-0.2, 0) is 6.54 Å². The average molecular weight is 281 g/mol. The van der Waals surface area contributed by atoms with Crippen molar-refractivity contribution in [2.45, 2.75) is 32.4 Å². The third-order valence-electron chi connectivity index (χ3n) is 3.69. The summed E-state index contributed by atoms with van der Waals surface area (Å²) in [5.74, 6) is -0.704. The van der Waals surface area contributed by atoms with Gasteiger partial charge in [0.2, 0.25) is 5.82 Å². The van der Waals surface area contributed by atoms with Crippen LogP contribution in [0, 0.1) is 15.9 Å². The normalized spacial score (nSPS) is 18.6. The molecule has 1 aliphatic heterocycles. The highest BCUT2D eigenvalue weighted by molar-refractivity contribution is 5.36. The number of nitro groups is 1. The lowest BCUT2D eigenvalue weighted by molar-refractivity contribution is -0.387. The number of benzene rings is 1. The fourth-order valence-corrected chi connectivity index (χ4v) is 2.68. The van der Waals surface area contributed by atoms with E-state index in [9.17, 15) is 14.5 Å². The SMILES string of the molecule is CCCN(Cc1cccc([N+](=O)[O-])c1F)C1CCNC1. The van der Waals surface area contributed by atoms with Crippen LogP contribution in [0.3, 0.4) is 0 Å². The highest BCUT2D eigenvalue weighted by Gasteiger charge is 2.24. The molecule has 1 atom stereocenters. The topological polar surface area (TPSA) is 58.4 Å². The van der Waals surface area contributed by atoms with E-state index in [1.165, 1.54) is 6.07 Å². The van der Waals surface area contributed by atoms with Gasteiger partial charge in [0.15, 0.2) is 0 Å². The van der Waals surface area contributed by atoms with E-state index in [1.54, 1.807) is 12.1 Å². The molecule has 1 saturated heterocycles. The lowest BCUT2D eigenvalue weighted by Crippen LogP contribution is -2.37. The largest absolute Gasteiger partial charge is 0.315 e. The van der Waals surface area contributed by atoms with Gasteiger partial charge in [0.05, 0.1) is 4.92 Å². The van der Waals surface area contributed by atoms with Crippen molar-refractivity contribution in [1.82, 2.24) is 10.2 Å². The van der Waals surface area contributed by atoms with Crippen LogP contribution in [0.1, 0.15) is 25.3 Å². The van der Waals surface area contributed by atoms with Gasteiger partial charge in [-0.15, -0.1) is 0 Å². The monoisotopic (exact) mass is 281 g/mol. The maximum Gasteiger partial charge on any atom is 0.305 e. The van der Waals surface area contributed by atoms with E-state index >= 15 is 0 Å². The summed E-state index contributed by atoms with van der Waals surface area (Å²) in [5.41, 5.74) is -0.0388. The molecule has 1 unspecified atom stereocenters. The maximum absolute atomic E-state index is 14.1. The first-order chi connectivity index (χ1) is 9.63. The fourth-order valence-electron chi connectivity index (χ4n) is 2.68. The molecule has 0 saturated carbocycles. The zero-order valence-corrected chi connectivity index (χ0v) is 11.6. The van der Waals surface area contributed by atoms with Crippen molar-refractivity contribution in [2.75, 3.05) is 19.6 Å². The first-order valence-electron chi connectivity index (χ1n) is 7.00. The summed E-state index contributed by atoms with van der Waals surface area (Å²) in [7, 11) is 0. The summed E-state index contributed by atoms with van der Waals surface area (Å²) in [6, 6.07) is 4.77. The quantitative estimate of drug-likeness (QED) is 0.642. The molecule has 0 bridgehead atoms. The zero-order valence-electron chi connectivity index (χ0n) is 11.6. The van der Waals surface area contributed by atoms with Crippen LogP contribution >= 0.6 is 0 Å². The summed E-state index contributed by atoms with van der Waals surface area (Å²) in [6.45, 7) is 5.25. The van der Waals surface area contributed by atoms with Crippen LogP contribution in [0.25, 0.3) is 0 Å². The van der Waals surface area contributed by atoms with E-state index in [0.717, 1.165) is 32.5 Å². The van der Waals surface area contributed by atoms with Crippen LogP contribution in [-0.4, -0.2) is 35.5 Å². The first-order valence-corrected chi connectivity index (χ1v) is 7.00. The Morgan fingerprint density at radius 2 is 2.35 bits per heavy atom. The third-order valence-corrected chi connectivity index (χ3v) is 3.69. The van der Waals surface area contributed by atoms with E-state index < -0.39 is 16.4 Å². The van der Waals surface area contributed by atoms with Gasteiger partial charge in [0.1, 0.15) is 0 Å². The second-order valence-electron chi connectivity index (χ2n) is 5.12. The Kier molecular flexibility index (Phi) is 5.03. The predicted molar refractivity (Wildman–Crippen MR) is 75.0 cm³/mol. The Bertz CT molecular complexity index is 475. The Morgan fingerprint density at radius 3 is 2.95 bits per heavy atom. The molecule has 0 spiro atoms. The highest BCUT2D eigenvalue weighted by Crippen LogP contribution is 2.23. The molecule has 0 amide bonds. The van der Waals surface area contributed by atoms with Gasteiger partial charge in [-0.2, -0.15) is 4.39 Å². The van der Waals surface area contributed by atoms with Crippen molar-refractivity contribution in [1.29, 1.82) is 0 Å². The summed E-state index contributed by atoms with van der Waals surface area (Å²) >= 11 is 0. The lowest BCUT2D eigenvalue weighted by atomic mass is 10.1. The minimum atomic E-state index is -0.704. The van der Waals surface area contributed by atoms with Gasteiger partial charge in [0.25, 0.3) is 0 Å². The molecule has 6 heteroatoms. The van der Waals surface area contributed by atoms with E-state index in [1.807, 2.05) is 0 Å².